The van der Waals surface area contributed by atoms with Crippen LogP contribution in [0, 0.1) is 24.0 Å². The number of carbonyl (C=O) groups excluding carboxylic acids is 1. The van der Waals surface area contributed by atoms with Gasteiger partial charge in [0.05, 0.1) is 21.9 Å². The largest absolute Gasteiger partial charge is 0.457 e. The Morgan fingerprint density at radius 2 is 1.84 bits per heavy atom. The maximum atomic E-state index is 13.0. The van der Waals surface area contributed by atoms with Crippen LogP contribution in [0.3, 0.4) is 0 Å². The van der Waals surface area contributed by atoms with Gasteiger partial charge in [-0.25, -0.2) is 0 Å². The maximum absolute atomic E-state index is 13.0. The molecule has 0 radical (unpaired) electrons. The lowest BCUT2D eigenvalue weighted by Gasteiger charge is -2.13. The van der Waals surface area contributed by atoms with Gasteiger partial charge < -0.3 is 4.42 Å². The Morgan fingerprint density at radius 3 is 2.52 bits per heavy atom. The zero-order valence-electron chi connectivity index (χ0n) is 17.0. The Balaban J connectivity index is 1.62. The predicted octanol–water partition coefficient (Wildman–Crippen LogP) is 6.04. The van der Waals surface area contributed by atoms with Crippen LogP contribution in [0.4, 0.5) is 11.4 Å². The fourth-order valence-electron chi connectivity index (χ4n) is 3.25. The highest BCUT2D eigenvalue weighted by molar-refractivity contribution is 9.10. The molecule has 7 nitrogen and oxygen atoms in total. The number of halogens is 1. The van der Waals surface area contributed by atoms with Crippen molar-refractivity contribution in [3.8, 4) is 11.3 Å². The minimum atomic E-state index is -0.457. The number of anilines is 1. The summed E-state index contributed by atoms with van der Waals surface area (Å²) in [6.07, 6.45) is 1.66. The van der Waals surface area contributed by atoms with Gasteiger partial charge in [-0.3, -0.25) is 14.9 Å². The average Bonchev–Trinajstić information content (AvgIpc) is 3.30. The molecule has 0 atom stereocenters. The molecule has 2 heterocycles. The number of furan rings is 1. The number of benzene rings is 2. The monoisotopic (exact) mass is 479 g/mol. The van der Waals surface area contributed by atoms with E-state index < -0.39 is 4.92 Å². The summed E-state index contributed by atoms with van der Waals surface area (Å²) in [5.41, 5.74) is 4.65. The highest BCUT2D eigenvalue weighted by Gasteiger charge is 2.29. The van der Waals surface area contributed by atoms with Crippen LogP contribution < -0.4 is 5.01 Å². The molecule has 4 rings (SSSR count). The molecule has 156 valence electrons. The van der Waals surface area contributed by atoms with Gasteiger partial charge in [-0.15, -0.1) is 0 Å². The van der Waals surface area contributed by atoms with Crippen LogP contribution in [-0.2, 0) is 4.79 Å². The van der Waals surface area contributed by atoms with E-state index in [0.29, 0.717) is 38.5 Å². The van der Waals surface area contributed by atoms with E-state index in [1.807, 2.05) is 32.0 Å². The van der Waals surface area contributed by atoms with Crippen molar-refractivity contribution in [3.63, 3.8) is 0 Å². The number of aryl methyl sites for hydroxylation is 2. The van der Waals surface area contributed by atoms with Crippen LogP contribution in [0.25, 0.3) is 17.4 Å². The fraction of sp³-hybridized carbons (Fsp3) is 0.130. The second-order valence-electron chi connectivity index (χ2n) is 7.25. The molecule has 0 bridgehead atoms. The van der Waals surface area contributed by atoms with E-state index in [-0.39, 0.29) is 11.6 Å². The first-order valence-corrected chi connectivity index (χ1v) is 10.3. The molecule has 0 saturated carbocycles. The Hall–Kier alpha value is -3.52. The summed E-state index contributed by atoms with van der Waals surface area (Å²) in [4.78, 5) is 23.5. The van der Waals surface area contributed by atoms with E-state index >= 15 is 0 Å². The predicted molar refractivity (Wildman–Crippen MR) is 123 cm³/mol. The maximum Gasteiger partial charge on any atom is 0.280 e. The normalized spacial score (nSPS) is 15.0. The summed E-state index contributed by atoms with van der Waals surface area (Å²) in [6, 6.07) is 13.7. The molecule has 0 aliphatic carbocycles. The van der Waals surface area contributed by atoms with E-state index in [1.54, 1.807) is 31.2 Å². The zero-order chi connectivity index (χ0) is 22.3. The van der Waals surface area contributed by atoms with Crippen molar-refractivity contribution in [1.82, 2.24) is 0 Å². The standard InChI is InChI=1S/C23H18BrN3O4/c1-13-4-5-16(10-14(13)2)26-23(28)20(15(3)25-26)12-18-7-9-22(31-18)19-8-6-17(27(29)30)11-21(19)24/h4-12H,1-3H3/b20-12-. The number of amides is 1. The summed E-state index contributed by atoms with van der Waals surface area (Å²) < 4.78 is 6.43. The van der Waals surface area contributed by atoms with Crippen LogP contribution >= 0.6 is 15.9 Å². The minimum Gasteiger partial charge on any atom is -0.457 e. The molecular weight excluding hydrogens is 462 g/mol. The van der Waals surface area contributed by atoms with Crippen molar-refractivity contribution in [1.29, 1.82) is 0 Å². The van der Waals surface area contributed by atoms with Gasteiger partial charge in [0.1, 0.15) is 11.5 Å². The molecule has 1 amide bonds. The number of hydrogen-bond acceptors (Lipinski definition) is 5. The lowest BCUT2D eigenvalue weighted by molar-refractivity contribution is -0.384. The van der Waals surface area contributed by atoms with E-state index in [2.05, 4.69) is 21.0 Å². The lowest BCUT2D eigenvalue weighted by Crippen LogP contribution is -2.21. The highest BCUT2D eigenvalue weighted by atomic mass is 79.9. The van der Waals surface area contributed by atoms with Crippen LogP contribution in [0.5, 0.6) is 0 Å². The van der Waals surface area contributed by atoms with Gasteiger partial charge in [0.25, 0.3) is 11.6 Å². The van der Waals surface area contributed by atoms with E-state index in [1.165, 1.54) is 17.1 Å². The zero-order valence-corrected chi connectivity index (χ0v) is 18.6. The van der Waals surface area contributed by atoms with E-state index in [0.717, 1.165) is 11.1 Å². The number of nitro groups is 1. The molecule has 0 N–H and O–H groups in total. The first-order valence-electron chi connectivity index (χ1n) is 9.48. The Bertz CT molecular complexity index is 1290. The van der Waals surface area contributed by atoms with Crippen molar-refractivity contribution in [3.05, 3.63) is 85.6 Å². The third kappa shape index (κ3) is 3.94. The molecule has 0 unspecified atom stereocenters. The third-order valence-electron chi connectivity index (χ3n) is 5.14. The molecule has 8 heteroatoms. The summed E-state index contributed by atoms with van der Waals surface area (Å²) in [5, 5.41) is 16.7. The van der Waals surface area contributed by atoms with Crippen molar-refractivity contribution >= 4 is 45.0 Å². The molecular formula is C23H18BrN3O4. The average molecular weight is 480 g/mol. The molecule has 0 saturated heterocycles. The number of nitro benzene ring substituents is 1. The molecule has 1 aliphatic rings. The van der Waals surface area contributed by atoms with E-state index in [9.17, 15) is 14.9 Å². The number of hydrazone groups is 1. The second-order valence-corrected chi connectivity index (χ2v) is 8.11. The van der Waals surface area contributed by atoms with Crippen LogP contribution in [0.2, 0.25) is 0 Å². The Morgan fingerprint density at radius 1 is 1.06 bits per heavy atom. The van der Waals surface area contributed by atoms with Gasteiger partial charge in [0, 0.05) is 22.2 Å². The van der Waals surface area contributed by atoms with Gasteiger partial charge in [0.2, 0.25) is 0 Å². The van der Waals surface area contributed by atoms with E-state index in [4.69, 9.17) is 4.42 Å². The number of rotatable bonds is 4. The minimum absolute atomic E-state index is 0.0145. The fourth-order valence-corrected chi connectivity index (χ4v) is 3.81. The van der Waals surface area contributed by atoms with Gasteiger partial charge in [-0.05, 0) is 84.2 Å². The van der Waals surface area contributed by atoms with Crippen molar-refractivity contribution in [2.24, 2.45) is 5.10 Å². The van der Waals surface area contributed by atoms with Crippen molar-refractivity contribution in [2.75, 3.05) is 5.01 Å². The Labute approximate surface area is 187 Å². The van der Waals surface area contributed by atoms with Crippen LogP contribution in [0.1, 0.15) is 23.8 Å². The molecule has 3 aromatic rings. The molecule has 2 aromatic carbocycles. The van der Waals surface area contributed by atoms with Gasteiger partial charge >= 0.3 is 0 Å². The lowest BCUT2D eigenvalue weighted by atomic mass is 10.1. The number of carbonyl (C=O) groups is 1. The second kappa shape index (κ2) is 7.96. The molecule has 31 heavy (non-hydrogen) atoms. The van der Waals surface area contributed by atoms with Gasteiger partial charge in [0.15, 0.2) is 0 Å². The summed E-state index contributed by atoms with van der Waals surface area (Å²) in [6.45, 7) is 5.79. The number of nitrogens with zero attached hydrogens (tertiary/aromatic N) is 3. The Kier molecular flexibility index (Phi) is 5.32. The highest BCUT2D eigenvalue weighted by Crippen LogP contribution is 2.33. The SMILES string of the molecule is CC1=NN(c2ccc(C)c(C)c2)C(=O)/C1=C\c1ccc(-c2ccc([N+](=O)[O-])cc2Br)o1. The topological polar surface area (TPSA) is 89.0 Å². The third-order valence-corrected chi connectivity index (χ3v) is 5.80. The van der Waals surface area contributed by atoms with Crippen LogP contribution in [-0.4, -0.2) is 16.5 Å². The summed E-state index contributed by atoms with van der Waals surface area (Å²) >= 11 is 3.35. The molecule has 1 aliphatic heterocycles. The summed E-state index contributed by atoms with van der Waals surface area (Å²) in [7, 11) is 0. The molecule has 0 spiro atoms. The number of hydrogen-bond donors (Lipinski definition) is 0. The van der Waals surface area contributed by atoms with Crippen molar-refractivity contribution in [2.45, 2.75) is 20.8 Å². The van der Waals surface area contributed by atoms with Crippen LogP contribution in [0.15, 0.2) is 68.1 Å². The molecule has 1 aromatic heterocycles. The number of non-ortho nitro benzene ring substituents is 1. The van der Waals surface area contributed by atoms with Crippen molar-refractivity contribution < 1.29 is 14.1 Å². The summed E-state index contributed by atoms with van der Waals surface area (Å²) in [5.74, 6) is 0.787. The van der Waals surface area contributed by atoms with Gasteiger partial charge in [-0.2, -0.15) is 10.1 Å². The van der Waals surface area contributed by atoms with Gasteiger partial charge in [-0.1, -0.05) is 6.07 Å². The molecule has 0 fully saturated rings. The first kappa shape index (κ1) is 20.7. The quantitative estimate of drug-likeness (QED) is 0.259. The first-order chi connectivity index (χ1) is 14.7. The smallest absolute Gasteiger partial charge is 0.280 e.